The predicted molar refractivity (Wildman–Crippen MR) is 132 cm³/mol. The van der Waals surface area contributed by atoms with Gasteiger partial charge in [-0.1, -0.05) is 61.0 Å². The fourth-order valence-electron chi connectivity index (χ4n) is 3.88. The van der Waals surface area contributed by atoms with E-state index in [0.29, 0.717) is 16.5 Å². The Balaban J connectivity index is 1.79. The van der Waals surface area contributed by atoms with Crippen molar-refractivity contribution in [1.82, 2.24) is 4.57 Å². The molecule has 33 heavy (non-hydrogen) atoms. The van der Waals surface area contributed by atoms with Gasteiger partial charge in [0.05, 0.1) is 11.1 Å². The molecule has 4 rings (SSSR count). The second-order valence-electron chi connectivity index (χ2n) is 8.26. The zero-order chi connectivity index (χ0) is 23.5. The SMILES string of the molecule is CCc1ccc2c(c1)c(=O)c(C(=O)c1ccc(C)cc1)cn2CC(=O)Nc1ccccc1C. The van der Waals surface area contributed by atoms with Crippen LogP contribution in [0.25, 0.3) is 10.9 Å². The van der Waals surface area contributed by atoms with Gasteiger partial charge in [-0.2, -0.15) is 0 Å². The molecule has 5 heteroatoms. The molecule has 1 aromatic heterocycles. The van der Waals surface area contributed by atoms with E-state index in [-0.39, 0.29) is 29.2 Å². The van der Waals surface area contributed by atoms with Crippen LogP contribution in [0.4, 0.5) is 5.69 Å². The minimum Gasteiger partial charge on any atom is -0.337 e. The van der Waals surface area contributed by atoms with Crippen molar-refractivity contribution in [3.05, 3.63) is 111 Å². The molecule has 3 aromatic carbocycles. The molecular weight excluding hydrogens is 412 g/mol. The molecule has 0 bridgehead atoms. The van der Waals surface area contributed by atoms with Crippen LogP contribution in [-0.2, 0) is 17.8 Å². The van der Waals surface area contributed by atoms with Crippen molar-refractivity contribution < 1.29 is 9.59 Å². The number of anilines is 1. The van der Waals surface area contributed by atoms with Crippen LogP contribution in [-0.4, -0.2) is 16.3 Å². The molecule has 0 aliphatic heterocycles. The Morgan fingerprint density at radius 1 is 0.939 bits per heavy atom. The summed E-state index contributed by atoms with van der Waals surface area (Å²) in [5.41, 5.74) is 4.52. The van der Waals surface area contributed by atoms with E-state index in [1.807, 2.05) is 75.4 Å². The van der Waals surface area contributed by atoms with Crippen LogP contribution in [0.5, 0.6) is 0 Å². The number of nitrogens with zero attached hydrogens (tertiary/aromatic N) is 1. The molecule has 166 valence electrons. The van der Waals surface area contributed by atoms with Crippen LogP contribution in [0, 0.1) is 13.8 Å². The molecule has 0 fully saturated rings. The van der Waals surface area contributed by atoms with Gasteiger partial charge in [0.25, 0.3) is 0 Å². The third-order valence-corrected chi connectivity index (χ3v) is 5.84. The Morgan fingerprint density at radius 3 is 2.36 bits per heavy atom. The van der Waals surface area contributed by atoms with E-state index in [0.717, 1.165) is 28.8 Å². The maximum Gasteiger partial charge on any atom is 0.244 e. The number of amides is 1. The summed E-state index contributed by atoms with van der Waals surface area (Å²) in [4.78, 5) is 39.4. The molecule has 0 saturated heterocycles. The molecule has 1 heterocycles. The molecule has 0 atom stereocenters. The van der Waals surface area contributed by atoms with E-state index in [1.54, 1.807) is 16.7 Å². The predicted octanol–water partition coefficient (Wildman–Crippen LogP) is 5.05. The van der Waals surface area contributed by atoms with Crippen LogP contribution in [0.2, 0.25) is 0 Å². The number of carbonyl (C=O) groups is 2. The highest BCUT2D eigenvalue weighted by Crippen LogP contribution is 2.18. The van der Waals surface area contributed by atoms with E-state index in [9.17, 15) is 14.4 Å². The maximum absolute atomic E-state index is 13.3. The first kappa shape index (κ1) is 22.2. The van der Waals surface area contributed by atoms with Gasteiger partial charge in [-0.3, -0.25) is 14.4 Å². The third-order valence-electron chi connectivity index (χ3n) is 5.84. The maximum atomic E-state index is 13.3. The molecule has 1 N–H and O–H groups in total. The molecule has 0 aliphatic rings. The summed E-state index contributed by atoms with van der Waals surface area (Å²) >= 11 is 0. The average molecular weight is 439 g/mol. The van der Waals surface area contributed by atoms with Crippen molar-refractivity contribution in [1.29, 1.82) is 0 Å². The fourth-order valence-corrected chi connectivity index (χ4v) is 3.88. The summed E-state index contributed by atoms with van der Waals surface area (Å²) < 4.78 is 1.69. The molecule has 0 spiro atoms. The number of rotatable bonds is 6. The molecule has 0 unspecified atom stereocenters. The van der Waals surface area contributed by atoms with Crippen LogP contribution in [0.3, 0.4) is 0 Å². The Bertz CT molecular complexity index is 1420. The van der Waals surface area contributed by atoms with Gasteiger partial charge in [-0.25, -0.2) is 0 Å². The number of aryl methyl sites for hydroxylation is 3. The second-order valence-corrected chi connectivity index (χ2v) is 8.26. The number of carbonyl (C=O) groups excluding carboxylic acids is 2. The lowest BCUT2D eigenvalue weighted by Gasteiger charge is -2.15. The first-order valence-corrected chi connectivity index (χ1v) is 11.0. The highest BCUT2D eigenvalue weighted by atomic mass is 16.2. The number of para-hydroxylation sites is 1. The Labute approximate surface area is 192 Å². The van der Waals surface area contributed by atoms with Gasteiger partial charge in [0.1, 0.15) is 6.54 Å². The van der Waals surface area contributed by atoms with Crippen LogP contribution >= 0.6 is 0 Å². The van der Waals surface area contributed by atoms with Gasteiger partial charge in [-0.05, 0) is 49.6 Å². The monoisotopic (exact) mass is 438 g/mol. The fraction of sp³-hybridized carbons (Fsp3) is 0.179. The molecule has 5 nitrogen and oxygen atoms in total. The topological polar surface area (TPSA) is 68.2 Å². The number of fused-ring (bicyclic) bond motifs is 1. The zero-order valence-electron chi connectivity index (χ0n) is 19.0. The number of benzene rings is 3. The van der Waals surface area contributed by atoms with Gasteiger partial charge in [0, 0.05) is 22.8 Å². The highest BCUT2D eigenvalue weighted by molar-refractivity contribution is 6.10. The number of pyridine rings is 1. The van der Waals surface area contributed by atoms with Crippen molar-refractivity contribution >= 4 is 28.3 Å². The highest BCUT2D eigenvalue weighted by Gasteiger charge is 2.18. The van der Waals surface area contributed by atoms with E-state index in [1.165, 1.54) is 6.20 Å². The lowest BCUT2D eigenvalue weighted by atomic mass is 10.00. The van der Waals surface area contributed by atoms with Crippen LogP contribution in [0.15, 0.2) is 77.7 Å². The summed E-state index contributed by atoms with van der Waals surface area (Å²) in [7, 11) is 0. The van der Waals surface area contributed by atoms with Gasteiger partial charge < -0.3 is 9.88 Å². The zero-order valence-corrected chi connectivity index (χ0v) is 19.0. The van der Waals surface area contributed by atoms with Crippen molar-refractivity contribution in [3.63, 3.8) is 0 Å². The Morgan fingerprint density at radius 2 is 1.67 bits per heavy atom. The number of ketones is 1. The Hall–Kier alpha value is -3.99. The van der Waals surface area contributed by atoms with E-state index in [2.05, 4.69) is 5.32 Å². The van der Waals surface area contributed by atoms with Crippen molar-refractivity contribution in [2.45, 2.75) is 33.7 Å². The van der Waals surface area contributed by atoms with Gasteiger partial charge in [0.2, 0.25) is 11.3 Å². The average Bonchev–Trinajstić information content (AvgIpc) is 2.82. The van der Waals surface area contributed by atoms with Crippen molar-refractivity contribution in [3.8, 4) is 0 Å². The molecule has 0 radical (unpaired) electrons. The number of hydrogen-bond acceptors (Lipinski definition) is 3. The van der Waals surface area contributed by atoms with E-state index in [4.69, 9.17) is 0 Å². The minimum absolute atomic E-state index is 0.0231. The molecular formula is C28H26N2O3. The van der Waals surface area contributed by atoms with Crippen molar-refractivity contribution in [2.75, 3.05) is 5.32 Å². The summed E-state index contributed by atoms with van der Waals surface area (Å²) in [5.74, 6) is -0.584. The standard InChI is InChI=1S/C28H26N2O3/c1-4-20-11-14-25-22(15-20)28(33)23(27(32)21-12-9-18(2)10-13-21)16-30(25)17-26(31)29-24-8-6-5-7-19(24)3/h5-16H,4,17H2,1-3H3,(H,29,31). The molecule has 1 amide bonds. The second kappa shape index (κ2) is 9.25. The van der Waals surface area contributed by atoms with Gasteiger partial charge in [-0.15, -0.1) is 0 Å². The largest absolute Gasteiger partial charge is 0.337 e. The Kier molecular flexibility index (Phi) is 6.22. The summed E-state index contributed by atoms with van der Waals surface area (Å²) in [5, 5.41) is 3.37. The first-order valence-electron chi connectivity index (χ1n) is 11.0. The molecule has 4 aromatic rings. The van der Waals surface area contributed by atoms with E-state index >= 15 is 0 Å². The summed E-state index contributed by atoms with van der Waals surface area (Å²) in [6.07, 6.45) is 2.27. The summed E-state index contributed by atoms with van der Waals surface area (Å²) in [6, 6.07) is 20.3. The quantitative estimate of drug-likeness (QED) is 0.428. The smallest absolute Gasteiger partial charge is 0.244 e. The molecule has 0 saturated carbocycles. The number of aromatic nitrogens is 1. The van der Waals surface area contributed by atoms with Crippen molar-refractivity contribution in [2.24, 2.45) is 0 Å². The normalized spacial score (nSPS) is 10.9. The molecule has 0 aliphatic carbocycles. The number of hydrogen-bond donors (Lipinski definition) is 1. The van der Waals surface area contributed by atoms with E-state index < -0.39 is 0 Å². The lowest BCUT2D eigenvalue weighted by Crippen LogP contribution is -2.24. The van der Waals surface area contributed by atoms with Crippen LogP contribution < -0.4 is 10.7 Å². The third kappa shape index (κ3) is 4.62. The lowest BCUT2D eigenvalue weighted by molar-refractivity contribution is -0.116. The van der Waals surface area contributed by atoms with Gasteiger partial charge >= 0.3 is 0 Å². The first-order chi connectivity index (χ1) is 15.9. The number of nitrogens with one attached hydrogen (secondary N) is 1. The summed E-state index contributed by atoms with van der Waals surface area (Å²) in [6.45, 7) is 5.85. The van der Waals surface area contributed by atoms with Gasteiger partial charge in [0.15, 0.2) is 5.78 Å². The minimum atomic E-state index is -0.350. The van der Waals surface area contributed by atoms with Crippen LogP contribution in [0.1, 0.15) is 39.5 Å².